The van der Waals surface area contributed by atoms with Crippen molar-refractivity contribution in [3.05, 3.63) is 78.9 Å². The molecule has 0 saturated heterocycles. The minimum atomic E-state index is -0.383. The molecule has 1 unspecified atom stereocenters. The Bertz CT molecular complexity index is 1300. The van der Waals surface area contributed by atoms with E-state index < -0.39 is 0 Å². The number of rotatable bonds is 8. The van der Waals surface area contributed by atoms with Crippen LogP contribution in [0.2, 0.25) is 0 Å². The van der Waals surface area contributed by atoms with Gasteiger partial charge in [-0.05, 0) is 24.3 Å². The average Bonchev–Trinajstić information content (AvgIpc) is 3.25. The topological polar surface area (TPSA) is 126 Å². The number of nitrogens with zero attached hydrogens (tertiary/aromatic N) is 6. The molecule has 11 heteroatoms. The van der Waals surface area contributed by atoms with Crippen LogP contribution >= 0.6 is 11.8 Å². The van der Waals surface area contributed by atoms with Crippen molar-refractivity contribution >= 4 is 29.3 Å². The van der Waals surface area contributed by atoms with Gasteiger partial charge < -0.3 is 20.5 Å². The monoisotopic (exact) mass is 474 g/mol. The first kappa shape index (κ1) is 21.7. The minimum absolute atomic E-state index is 0.142. The molecule has 3 heterocycles. The van der Waals surface area contributed by atoms with Crippen LogP contribution in [0.3, 0.4) is 0 Å². The van der Waals surface area contributed by atoms with Gasteiger partial charge in [0.2, 0.25) is 11.9 Å². The predicted octanol–water partition coefficient (Wildman–Crippen LogP) is 3.78. The summed E-state index contributed by atoms with van der Waals surface area (Å²) in [5.74, 6) is 3.54. The van der Waals surface area contributed by atoms with E-state index in [0.29, 0.717) is 47.4 Å². The molecule has 3 N–H and O–H groups in total. The van der Waals surface area contributed by atoms with Crippen molar-refractivity contribution in [2.75, 3.05) is 17.7 Å². The number of para-hydroxylation sites is 3. The van der Waals surface area contributed by atoms with Crippen LogP contribution in [-0.4, -0.2) is 36.3 Å². The van der Waals surface area contributed by atoms with Gasteiger partial charge >= 0.3 is 0 Å². The lowest BCUT2D eigenvalue weighted by molar-refractivity contribution is 0.0821. The number of hydrogen-bond donors (Lipinski definition) is 2. The van der Waals surface area contributed by atoms with Crippen LogP contribution in [0.5, 0.6) is 11.5 Å². The molecule has 0 radical (unpaired) electrons. The number of aromatic nitrogens is 6. The van der Waals surface area contributed by atoms with Gasteiger partial charge in [0.25, 0.3) is 0 Å². The van der Waals surface area contributed by atoms with Crippen LogP contribution in [-0.2, 0) is 12.3 Å². The molecule has 0 bridgehead atoms. The fourth-order valence-electron chi connectivity index (χ4n) is 3.43. The lowest BCUT2D eigenvalue weighted by Crippen LogP contribution is -2.25. The Kier molecular flexibility index (Phi) is 6.25. The zero-order chi connectivity index (χ0) is 23.3. The Hall–Kier alpha value is -4.12. The SMILES string of the molecule is C=CCn1c(SCc2nc(N)nc(Nc3ccccc3)n2)nnc1C1COc2ccccc2O1. The van der Waals surface area contributed by atoms with E-state index >= 15 is 0 Å². The molecule has 2 aromatic heterocycles. The third kappa shape index (κ3) is 4.79. The summed E-state index contributed by atoms with van der Waals surface area (Å²) in [6, 6.07) is 17.2. The van der Waals surface area contributed by atoms with Crippen LogP contribution in [0.15, 0.2) is 72.4 Å². The van der Waals surface area contributed by atoms with E-state index in [-0.39, 0.29) is 12.1 Å². The first-order valence-corrected chi connectivity index (χ1v) is 11.6. The van der Waals surface area contributed by atoms with Crippen LogP contribution in [0, 0.1) is 0 Å². The lowest BCUT2D eigenvalue weighted by Gasteiger charge is -2.26. The molecule has 4 aromatic rings. The number of nitrogens with two attached hydrogens (primary N) is 1. The first-order chi connectivity index (χ1) is 16.7. The second-order valence-corrected chi connectivity index (χ2v) is 8.26. The normalized spacial score (nSPS) is 14.5. The summed E-state index contributed by atoms with van der Waals surface area (Å²) >= 11 is 1.44. The predicted molar refractivity (Wildman–Crippen MR) is 129 cm³/mol. The van der Waals surface area contributed by atoms with Crippen LogP contribution in [0.25, 0.3) is 0 Å². The molecule has 172 valence electrons. The number of thioether (sulfide) groups is 1. The standard InChI is InChI=1S/C23H22N8O2S/c1-2-12-31-20(18-13-32-16-10-6-7-11-17(16)33-18)29-30-23(31)34-14-19-26-21(24)28-22(27-19)25-15-8-4-3-5-9-15/h2-11,18H,1,12-14H2,(H3,24,25,26,27,28). The van der Waals surface area contributed by atoms with Gasteiger partial charge in [0.15, 0.2) is 28.6 Å². The molecule has 0 aliphatic carbocycles. The van der Waals surface area contributed by atoms with Crippen molar-refractivity contribution in [2.24, 2.45) is 0 Å². The Morgan fingerprint density at radius 1 is 1.06 bits per heavy atom. The van der Waals surface area contributed by atoms with Gasteiger partial charge in [0.05, 0.1) is 5.75 Å². The third-order valence-corrected chi connectivity index (χ3v) is 5.88. The number of nitrogen functional groups attached to an aromatic ring is 1. The molecule has 0 spiro atoms. The highest BCUT2D eigenvalue weighted by Crippen LogP contribution is 2.36. The number of ether oxygens (including phenoxy) is 2. The second-order valence-electron chi connectivity index (χ2n) is 7.32. The maximum atomic E-state index is 6.12. The van der Waals surface area contributed by atoms with E-state index in [2.05, 4.69) is 37.0 Å². The maximum absolute atomic E-state index is 6.12. The van der Waals surface area contributed by atoms with Crippen molar-refractivity contribution in [3.8, 4) is 11.5 Å². The van der Waals surface area contributed by atoms with E-state index in [1.165, 1.54) is 11.8 Å². The zero-order valence-corrected chi connectivity index (χ0v) is 19.0. The number of hydrogen-bond acceptors (Lipinski definition) is 10. The average molecular weight is 475 g/mol. The molecule has 10 nitrogen and oxygen atoms in total. The van der Waals surface area contributed by atoms with E-state index in [9.17, 15) is 0 Å². The van der Waals surface area contributed by atoms with Crippen molar-refractivity contribution in [1.29, 1.82) is 0 Å². The van der Waals surface area contributed by atoms with E-state index in [1.807, 2.05) is 59.2 Å². The second kappa shape index (κ2) is 9.79. The Labute approximate surface area is 200 Å². The molecular weight excluding hydrogens is 452 g/mol. The lowest BCUT2D eigenvalue weighted by atomic mass is 10.2. The third-order valence-electron chi connectivity index (χ3n) is 4.91. The largest absolute Gasteiger partial charge is 0.485 e. The quantitative estimate of drug-likeness (QED) is 0.288. The van der Waals surface area contributed by atoms with Crippen LogP contribution < -0.4 is 20.5 Å². The molecule has 0 saturated carbocycles. The molecule has 2 aromatic carbocycles. The van der Waals surface area contributed by atoms with E-state index in [0.717, 1.165) is 11.4 Å². The van der Waals surface area contributed by atoms with Crippen molar-refractivity contribution < 1.29 is 9.47 Å². The van der Waals surface area contributed by atoms with Crippen molar-refractivity contribution in [2.45, 2.75) is 23.6 Å². The van der Waals surface area contributed by atoms with Crippen molar-refractivity contribution in [3.63, 3.8) is 0 Å². The van der Waals surface area contributed by atoms with Gasteiger partial charge in [-0.25, -0.2) is 0 Å². The number of benzene rings is 2. The highest BCUT2D eigenvalue weighted by atomic mass is 32.2. The molecule has 5 rings (SSSR count). The fraction of sp³-hybridized carbons (Fsp3) is 0.174. The highest BCUT2D eigenvalue weighted by molar-refractivity contribution is 7.98. The molecule has 0 fully saturated rings. The van der Waals surface area contributed by atoms with Crippen molar-refractivity contribution in [1.82, 2.24) is 29.7 Å². The molecule has 1 aliphatic heterocycles. The Balaban J connectivity index is 1.32. The molecular formula is C23H22N8O2S. The van der Waals surface area contributed by atoms with Crippen LogP contribution in [0.1, 0.15) is 17.8 Å². The minimum Gasteiger partial charge on any atom is -0.485 e. The summed E-state index contributed by atoms with van der Waals surface area (Å²) < 4.78 is 13.9. The number of fused-ring (bicyclic) bond motifs is 1. The highest BCUT2D eigenvalue weighted by Gasteiger charge is 2.28. The Morgan fingerprint density at radius 2 is 1.85 bits per heavy atom. The zero-order valence-electron chi connectivity index (χ0n) is 18.2. The van der Waals surface area contributed by atoms with Gasteiger partial charge in [-0.1, -0.05) is 48.2 Å². The summed E-state index contributed by atoms with van der Waals surface area (Å²) in [7, 11) is 0. The maximum Gasteiger partial charge on any atom is 0.232 e. The van der Waals surface area contributed by atoms with Gasteiger partial charge in [-0.3, -0.25) is 4.57 Å². The number of nitrogens with one attached hydrogen (secondary N) is 1. The van der Waals surface area contributed by atoms with E-state index in [1.54, 1.807) is 6.08 Å². The summed E-state index contributed by atoms with van der Waals surface area (Å²) in [5, 5.41) is 12.6. The summed E-state index contributed by atoms with van der Waals surface area (Å²) in [4.78, 5) is 12.9. The molecule has 1 atom stereocenters. The van der Waals surface area contributed by atoms with Gasteiger partial charge in [-0.2, -0.15) is 15.0 Å². The summed E-state index contributed by atoms with van der Waals surface area (Å²) in [6.07, 6.45) is 1.41. The van der Waals surface area contributed by atoms with Gasteiger partial charge in [0, 0.05) is 12.2 Å². The number of anilines is 3. The fourth-order valence-corrected chi connectivity index (χ4v) is 4.24. The van der Waals surface area contributed by atoms with Gasteiger partial charge in [0.1, 0.15) is 12.4 Å². The van der Waals surface area contributed by atoms with Crippen LogP contribution in [0.4, 0.5) is 17.6 Å². The summed E-state index contributed by atoms with van der Waals surface area (Å²) in [6.45, 7) is 4.73. The molecule has 0 amide bonds. The summed E-state index contributed by atoms with van der Waals surface area (Å²) in [5.41, 5.74) is 6.77. The molecule has 34 heavy (non-hydrogen) atoms. The Morgan fingerprint density at radius 3 is 2.68 bits per heavy atom. The number of allylic oxidation sites excluding steroid dienone is 1. The van der Waals surface area contributed by atoms with E-state index in [4.69, 9.17) is 15.2 Å². The molecule has 1 aliphatic rings. The first-order valence-electron chi connectivity index (χ1n) is 10.6. The smallest absolute Gasteiger partial charge is 0.232 e. The van der Waals surface area contributed by atoms with Gasteiger partial charge in [-0.15, -0.1) is 16.8 Å².